The summed E-state index contributed by atoms with van der Waals surface area (Å²) in [6.45, 7) is 0. The molecule has 3 aromatic carbocycles. The number of carbonyl (C=O) groups excluding carboxylic acids is 1. The van der Waals surface area contributed by atoms with Gasteiger partial charge in [-0.2, -0.15) is 13.1 Å². The van der Waals surface area contributed by atoms with Gasteiger partial charge in [-0.3, -0.25) is 4.79 Å². The highest BCUT2D eigenvalue weighted by atomic mass is 32.2. The van der Waals surface area contributed by atoms with Gasteiger partial charge >= 0.3 is 16.1 Å². The lowest BCUT2D eigenvalue weighted by Crippen LogP contribution is -2.42. The van der Waals surface area contributed by atoms with E-state index in [9.17, 15) is 21.6 Å². The zero-order chi connectivity index (χ0) is 23.2. The van der Waals surface area contributed by atoms with Crippen LogP contribution in [-0.4, -0.2) is 36.0 Å². The molecule has 0 aliphatic rings. The van der Waals surface area contributed by atoms with Crippen molar-refractivity contribution in [1.29, 1.82) is 0 Å². The fourth-order valence-electron chi connectivity index (χ4n) is 2.85. The lowest BCUT2D eigenvalue weighted by Gasteiger charge is -2.17. The lowest BCUT2D eigenvalue weighted by molar-refractivity contribution is -0.142. The first-order valence-corrected chi connectivity index (χ1v) is 12.3. The molecule has 3 rings (SSSR count). The number of esters is 1. The average Bonchev–Trinajstić information content (AvgIpc) is 2.80. The zero-order valence-corrected chi connectivity index (χ0v) is 18.7. The monoisotopic (exact) mass is 475 g/mol. The molecule has 10 heteroatoms. The molecule has 168 valence electrons. The first kappa shape index (κ1) is 23.5. The van der Waals surface area contributed by atoms with Crippen molar-refractivity contribution in [2.45, 2.75) is 22.3 Å². The van der Waals surface area contributed by atoms with Crippen molar-refractivity contribution in [3.8, 4) is 5.75 Å². The normalized spacial score (nSPS) is 12.7. The van der Waals surface area contributed by atoms with Crippen molar-refractivity contribution >= 4 is 26.1 Å². The van der Waals surface area contributed by atoms with E-state index in [1.165, 1.54) is 36.4 Å². The van der Waals surface area contributed by atoms with Crippen molar-refractivity contribution in [1.82, 2.24) is 4.72 Å². The minimum Gasteiger partial charge on any atom is -0.468 e. The van der Waals surface area contributed by atoms with Gasteiger partial charge in [-0.15, -0.1) is 0 Å². The number of nitrogens with one attached hydrogen (secondary N) is 1. The van der Waals surface area contributed by atoms with Crippen LogP contribution in [0.25, 0.3) is 0 Å². The Morgan fingerprint density at radius 3 is 1.88 bits per heavy atom. The molecule has 0 aliphatic heterocycles. The number of ether oxygens (including phenoxy) is 1. The van der Waals surface area contributed by atoms with E-state index in [0.717, 1.165) is 7.11 Å². The van der Waals surface area contributed by atoms with E-state index < -0.39 is 32.2 Å². The molecule has 0 aromatic heterocycles. The van der Waals surface area contributed by atoms with Gasteiger partial charge in [0.05, 0.1) is 12.0 Å². The molecule has 0 fully saturated rings. The second-order valence-electron chi connectivity index (χ2n) is 6.71. The summed E-state index contributed by atoms with van der Waals surface area (Å²) in [5, 5.41) is 0. The highest BCUT2D eigenvalue weighted by Gasteiger charge is 2.27. The second-order valence-corrected chi connectivity index (χ2v) is 9.97. The minimum atomic E-state index is -3.99. The summed E-state index contributed by atoms with van der Waals surface area (Å²) in [4.78, 5) is 12.2. The first-order chi connectivity index (χ1) is 15.2. The summed E-state index contributed by atoms with van der Waals surface area (Å²) in [5.74, 6) is -0.673. The molecule has 1 N–H and O–H groups in total. The van der Waals surface area contributed by atoms with Crippen molar-refractivity contribution in [2.75, 3.05) is 7.11 Å². The van der Waals surface area contributed by atoms with Gasteiger partial charge in [0.15, 0.2) is 0 Å². The molecule has 0 saturated carbocycles. The molecule has 0 radical (unpaired) electrons. The van der Waals surface area contributed by atoms with E-state index in [4.69, 9.17) is 8.92 Å². The van der Waals surface area contributed by atoms with Gasteiger partial charge in [-0.1, -0.05) is 48.5 Å². The van der Waals surface area contributed by atoms with Gasteiger partial charge in [0, 0.05) is 0 Å². The van der Waals surface area contributed by atoms with E-state index in [-0.39, 0.29) is 22.0 Å². The number of benzene rings is 3. The molecule has 0 amide bonds. The zero-order valence-electron chi connectivity index (χ0n) is 17.0. The maximum Gasteiger partial charge on any atom is 0.339 e. The molecule has 32 heavy (non-hydrogen) atoms. The highest BCUT2D eigenvalue weighted by molar-refractivity contribution is 7.89. The van der Waals surface area contributed by atoms with E-state index in [1.807, 2.05) is 0 Å². The van der Waals surface area contributed by atoms with Gasteiger partial charge in [0.2, 0.25) is 10.0 Å². The number of hydrogen-bond acceptors (Lipinski definition) is 7. The Bertz CT molecular complexity index is 1260. The summed E-state index contributed by atoms with van der Waals surface area (Å²) in [7, 11) is -6.78. The quantitative estimate of drug-likeness (QED) is 0.373. The maximum atomic E-state index is 12.6. The number of sulfonamides is 1. The Hall–Kier alpha value is -3.21. The molecule has 8 nitrogen and oxygen atoms in total. The second kappa shape index (κ2) is 9.94. The van der Waals surface area contributed by atoms with E-state index >= 15 is 0 Å². The average molecular weight is 476 g/mol. The van der Waals surface area contributed by atoms with Crippen LogP contribution >= 0.6 is 0 Å². The van der Waals surface area contributed by atoms with Gasteiger partial charge in [-0.05, 0) is 48.4 Å². The van der Waals surface area contributed by atoms with Crippen LogP contribution in [0.4, 0.5) is 0 Å². The highest BCUT2D eigenvalue weighted by Crippen LogP contribution is 2.20. The van der Waals surface area contributed by atoms with Gasteiger partial charge in [0.25, 0.3) is 0 Å². The fraction of sp³-hybridized carbons (Fsp3) is 0.136. The Kier molecular flexibility index (Phi) is 7.29. The number of rotatable bonds is 9. The molecule has 0 bridgehead atoms. The van der Waals surface area contributed by atoms with Crippen LogP contribution in [0.1, 0.15) is 5.56 Å². The smallest absolute Gasteiger partial charge is 0.339 e. The van der Waals surface area contributed by atoms with Crippen LogP contribution in [0.15, 0.2) is 94.7 Å². The molecule has 0 unspecified atom stereocenters. The Morgan fingerprint density at radius 1 is 0.812 bits per heavy atom. The first-order valence-electron chi connectivity index (χ1n) is 9.45. The van der Waals surface area contributed by atoms with Crippen LogP contribution in [0.5, 0.6) is 5.75 Å². The number of methoxy groups -OCH3 is 1. The SMILES string of the molecule is COC(=O)[C@@H](Cc1ccc(OS(=O)(=O)c2ccccc2)cc1)NS(=O)(=O)c1ccccc1. The van der Waals surface area contributed by atoms with Crippen molar-refractivity contribution in [3.05, 3.63) is 90.5 Å². The Labute approximate surface area is 187 Å². The molecular formula is C22H21NO7S2. The third-order valence-corrected chi connectivity index (χ3v) is 7.19. The number of carbonyl (C=O) groups is 1. The Balaban J connectivity index is 1.74. The molecule has 1 atom stereocenters. The minimum absolute atomic E-state index is 0.00947. The van der Waals surface area contributed by atoms with Crippen molar-refractivity contribution in [3.63, 3.8) is 0 Å². The van der Waals surface area contributed by atoms with Crippen LogP contribution < -0.4 is 8.91 Å². The summed E-state index contributed by atoms with van der Waals surface area (Å²) < 4.78 is 62.0. The third-order valence-electron chi connectivity index (χ3n) is 4.44. The van der Waals surface area contributed by atoms with E-state index in [0.29, 0.717) is 5.56 Å². The van der Waals surface area contributed by atoms with Gasteiger partial charge < -0.3 is 8.92 Å². The molecule has 0 heterocycles. The van der Waals surface area contributed by atoms with Gasteiger partial charge in [0.1, 0.15) is 16.7 Å². The number of hydrogen-bond donors (Lipinski definition) is 1. The predicted molar refractivity (Wildman–Crippen MR) is 117 cm³/mol. The summed E-state index contributed by atoms with van der Waals surface area (Å²) >= 11 is 0. The van der Waals surface area contributed by atoms with Crippen LogP contribution in [0.2, 0.25) is 0 Å². The van der Waals surface area contributed by atoms with Crippen molar-refractivity contribution < 1.29 is 30.6 Å². The fourth-order valence-corrected chi connectivity index (χ4v) is 5.01. The maximum absolute atomic E-state index is 12.6. The summed E-state index contributed by atoms with van der Waals surface area (Å²) in [6.07, 6.45) is -0.00947. The Morgan fingerprint density at radius 2 is 1.34 bits per heavy atom. The summed E-state index contributed by atoms with van der Waals surface area (Å²) in [5.41, 5.74) is 0.570. The standard InChI is InChI=1S/C22H21NO7S2/c1-29-22(24)21(23-31(25,26)19-8-4-2-5-9-19)16-17-12-14-18(15-13-17)30-32(27,28)20-10-6-3-7-11-20/h2-15,21,23H,16H2,1H3/t21-/m1/s1. The van der Waals surface area contributed by atoms with Crippen LogP contribution in [0, 0.1) is 0 Å². The molecule has 0 spiro atoms. The predicted octanol–water partition coefficient (Wildman–Crippen LogP) is 2.52. The largest absolute Gasteiger partial charge is 0.468 e. The summed E-state index contributed by atoms with van der Waals surface area (Å²) in [6, 6.07) is 20.1. The van der Waals surface area contributed by atoms with Gasteiger partial charge in [-0.25, -0.2) is 8.42 Å². The van der Waals surface area contributed by atoms with Crippen LogP contribution in [-0.2, 0) is 36.1 Å². The topological polar surface area (TPSA) is 116 Å². The van der Waals surface area contributed by atoms with E-state index in [1.54, 1.807) is 48.5 Å². The van der Waals surface area contributed by atoms with Crippen molar-refractivity contribution in [2.24, 2.45) is 0 Å². The molecule has 0 aliphatic carbocycles. The third kappa shape index (κ3) is 5.94. The molecule has 3 aromatic rings. The van der Waals surface area contributed by atoms with E-state index in [2.05, 4.69) is 4.72 Å². The van der Waals surface area contributed by atoms with Crippen LogP contribution in [0.3, 0.4) is 0 Å². The molecular weight excluding hydrogens is 454 g/mol. The lowest BCUT2D eigenvalue weighted by atomic mass is 10.1. The molecule has 0 saturated heterocycles.